The molecule has 1 aliphatic heterocycles. The van der Waals surface area contributed by atoms with Crippen molar-refractivity contribution >= 4 is 5.91 Å². The van der Waals surface area contributed by atoms with Crippen LogP contribution in [0.15, 0.2) is 133 Å². The second-order valence-corrected chi connectivity index (χ2v) is 17.5. The molecule has 5 aromatic rings. The van der Waals surface area contributed by atoms with E-state index in [1.165, 1.54) is 22.3 Å². The van der Waals surface area contributed by atoms with Crippen molar-refractivity contribution in [2.24, 2.45) is 0 Å². The number of rotatable bonds is 23. The molecule has 1 saturated heterocycles. The highest BCUT2D eigenvalue weighted by atomic mass is 16.6. The summed E-state index contributed by atoms with van der Waals surface area (Å²) in [6, 6.07) is 46.7. The number of hydrogen-bond donors (Lipinski definition) is 2. The highest BCUT2D eigenvalue weighted by Crippen LogP contribution is 2.40. The zero-order valence-electron chi connectivity index (χ0n) is 37.9. The molecule has 0 radical (unpaired) electrons. The Labute approximate surface area is 371 Å². The smallest absolute Gasteiger partial charge is 0.239 e. The fourth-order valence-electron chi connectivity index (χ4n) is 8.04. The number of amides is 1. The molecule has 2 N–H and O–H groups in total. The van der Waals surface area contributed by atoms with E-state index in [4.69, 9.17) is 18.9 Å². The lowest BCUT2D eigenvalue weighted by Crippen LogP contribution is -2.57. The minimum atomic E-state index is -0.600. The first-order chi connectivity index (χ1) is 30.1. The Balaban J connectivity index is 1.16. The molecule has 330 valence electrons. The van der Waals surface area contributed by atoms with Crippen molar-refractivity contribution in [3.63, 3.8) is 0 Å². The predicted molar refractivity (Wildman–Crippen MR) is 250 cm³/mol. The molecule has 0 aliphatic carbocycles. The maximum atomic E-state index is 12.7. The quantitative estimate of drug-likeness (QED) is 0.0635. The summed E-state index contributed by atoms with van der Waals surface area (Å²) in [6.45, 7) is 11.8. The molecule has 1 amide bonds. The first-order valence-corrected chi connectivity index (χ1v) is 22.6. The fraction of sp³-hybridized carbons (Fsp3) is 0.426. The van der Waals surface area contributed by atoms with Gasteiger partial charge in [0.25, 0.3) is 0 Å². The van der Waals surface area contributed by atoms with Gasteiger partial charge in [-0.05, 0) is 118 Å². The van der Waals surface area contributed by atoms with Crippen LogP contribution in [0.25, 0.3) is 0 Å². The van der Waals surface area contributed by atoms with Gasteiger partial charge in [-0.2, -0.15) is 0 Å². The normalized spacial score (nSPS) is 19.1. The SMILES string of the molecule is CC[C@H]1O[C@@H](c2ccc(C)c(Cc3ccc(CCCCNC(C)(C)C(=O)NCCN(C)C)cc3)c2)[C@H](OCc2ccccc2)[C@@H](OCc2ccccc2)[C@@H]1OCc1ccccc1. The third-order valence-corrected chi connectivity index (χ3v) is 11.9. The first-order valence-electron chi connectivity index (χ1n) is 22.6. The summed E-state index contributed by atoms with van der Waals surface area (Å²) >= 11 is 0. The number of unbranched alkanes of at least 4 members (excludes halogenated alkanes) is 1. The number of nitrogens with one attached hydrogen (secondary N) is 2. The van der Waals surface area contributed by atoms with Gasteiger partial charge in [0.1, 0.15) is 24.4 Å². The Bertz CT molecular complexity index is 2060. The minimum Gasteiger partial charge on any atom is -0.368 e. The molecular weight excluding hydrogens is 771 g/mol. The van der Waals surface area contributed by atoms with Crippen LogP contribution >= 0.6 is 0 Å². The van der Waals surface area contributed by atoms with Crippen LogP contribution in [0.1, 0.15) is 90.6 Å². The summed E-state index contributed by atoms with van der Waals surface area (Å²) in [4.78, 5) is 14.7. The lowest BCUT2D eigenvalue weighted by Gasteiger charge is -2.46. The fourth-order valence-corrected chi connectivity index (χ4v) is 8.04. The van der Waals surface area contributed by atoms with E-state index in [2.05, 4.69) is 108 Å². The molecule has 0 spiro atoms. The zero-order chi connectivity index (χ0) is 43.7. The van der Waals surface area contributed by atoms with Gasteiger partial charge in [-0.25, -0.2) is 0 Å². The van der Waals surface area contributed by atoms with Gasteiger partial charge in [-0.1, -0.05) is 140 Å². The second-order valence-electron chi connectivity index (χ2n) is 17.5. The molecule has 1 aliphatic rings. The lowest BCUT2D eigenvalue weighted by molar-refractivity contribution is -0.267. The maximum Gasteiger partial charge on any atom is 0.239 e. The summed E-state index contributed by atoms with van der Waals surface area (Å²) in [5, 5.41) is 6.49. The molecule has 8 nitrogen and oxygen atoms in total. The average molecular weight is 840 g/mol. The third-order valence-electron chi connectivity index (χ3n) is 11.9. The molecule has 0 unspecified atom stereocenters. The van der Waals surface area contributed by atoms with Crippen molar-refractivity contribution < 1.29 is 23.7 Å². The molecular formula is C54H69N3O5. The van der Waals surface area contributed by atoms with E-state index in [1.54, 1.807) is 0 Å². The van der Waals surface area contributed by atoms with Crippen molar-refractivity contribution in [3.8, 4) is 0 Å². The molecule has 6 rings (SSSR count). The van der Waals surface area contributed by atoms with Crippen LogP contribution in [0.3, 0.4) is 0 Å². The molecule has 5 aromatic carbocycles. The number of carbonyl (C=O) groups excluding carboxylic acids is 1. The number of nitrogens with zero attached hydrogens (tertiary/aromatic N) is 1. The topological polar surface area (TPSA) is 81.3 Å². The van der Waals surface area contributed by atoms with Gasteiger partial charge in [0.05, 0.1) is 31.5 Å². The summed E-state index contributed by atoms with van der Waals surface area (Å²) in [6.07, 6.45) is 2.85. The number of likely N-dealkylation sites (N-methyl/N-ethyl adjacent to an activating group) is 1. The molecule has 0 bridgehead atoms. The molecule has 62 heavy (non-hydrogen) atoms. The molecule has 8 heteroatoms. The van der Waals surface area contributed by atoms with Crippen molar-refractivity contribution in [3.05, 3.63) is 178 Å². The van der Waals surface area contributed by atoms with Crippen molar-refractivity contribution in [1.29, 1.82) is 0 Å². The largest absolute Gasteiger partial charge is 0.368 e. The number of aryl methyl sites for hydroxylation is 2. The molecule has 0 aromatic heterocycles. The van der Waals surface area contributed by atoms with Gasteiger partial charge < -0.3 is 34.5 Å². The Morgan fingerprint density at radius 2 is 1.21 bits per heavy atom. The third kappa shape index (κ3) is 13.9. The summed E-state index contributed by atoms with van der Waals surface area (Å²) < 4.78 is 27.8. The second kappa shape index (κ2) is 23.7. The Kier molecular flexibility index (Phi) is 17.9. The first kappa shape index (κ1) is 46.8. The highest BCUT2D eigenvalue weighted by Gasteiger charge is 2.48. The standard InChI is InChI=1S/C54H69N3O5/c1-7-48-50(59-37-43-20-11-8-12-21-43)52(61-39-45-24-15-10-16-25-45)51(60-38-44-22-13-9-14-23-44)49(62-48)46-31-26-40(2)47(36-46)35-42-29-27-41(28-30-42)19-17-18-32-56-54(3,4)53(58)55-33-34-57(5)6/h8-16,20-31,36,48-52,56H,7,17-19,32-35,37-39H2,1-6H3,(H,55,58)/t48-,49+,50-,51+,52+/m1/s1. The molecule has 0 saturated carbocycles. The van der Waals surface area contributed by atoms with Crippen LogP contribution in [-0.4, -0.2) is 74.5 Å². The van der Waals surface area contributed by atoms with Gasteiger partial charge in [-0.3, -0.25) is 4.79 Å². The van der Waals surface area contributed by atoms with Crippen molar-refractivity contribution in [1.82, 2.24) is 15.5 Å². The summed E-state index contributed by atoms with van der Waals surface area (Å²) in [7, 11) is 4.02. The Morgan fingerprint density at radius 3 is 1.77 bits per heavy atom. The monoisotopic (exact) mass is 840 g/mol. The number of carbonyl (C=O) groups is 1. The van der Waals surface area contributed by atoms with E-state index < -0.39 is 17.7 Å². The van der Waals surface area contributed by atoms with Crippen LogP contribution in [0, 0.1) is 6.92 Å². The van der Waals surface area contributed by atoms with E-state index in [9.17, 15) is 4.79 Å². The van der Waals surface area contributed by atoms with Crippen LogP contribution in [0.2, 0.25) is 0 Å². The number of ether oxygens (including phenoxy) is 4. The number of benzene rings is 5. The maximum absolute atomic E-state index is 12.7. The van der Waals surface area contributed by atoms with Crippen molar-refractivity contribution in [2.45, 2.75) is 116 Å². The van der Waals surface area contributed by atoms with Gasteiger partial charge >= 0.3 is 0 Å². The Hall–Kier alpha value is -4.67. The van der Waals surface area contributed by atoms with E-state index in [-0.39, 0.29) is 24.2 Å². The van der Waals surface area contributed by atoms with Gasteiger partial charge in [-0.15, -0.1) is 0 Å². The van der Waals surface area contributed by atoms with Crippen LogP contribution in [-0.2, 0) is 56.4 Å². The van der Waals surface area contributed by atoms with Crippen LogP contribution in [0.5, 0.6) is 0 Å². The average Bonchev–Trinajstić information content (AvgIpc) is 3.28. The van der Waals surface area contributed by atoms with Gasteiger partial charge in [0.2, 0.25) is 5.91 Å². The van der Waals surface area contributed by atoms with E-state index in [0.717, 1.165) is 67.4 Å². The van der Waals surface area contributed by atoms with Crippen LogP contribution in [0.4, 0.5) is 0 Å². The lowest BCUT2D eigenvalue weighted by atomic mass is 9.87. The van der Waals surface area contributed by atoms with Crippen LogP contribution < -0.4 is 10.6 Å². The van der Waals surface area contributed by atoms with Crippen molar-refractivity contribution in [2.75, 3.05) is 33.7 Å². The molecule has 5 atom stereocenters. The van der Waals surface area contributed by atoms with E-state index in [0.29, 0.717) is 26.4 Å². The Morgan fingerprint density at radius 1 is 0.661 bits per heavy atom. The summed E-state index contributed by atoms with van der Waals surface area (Å²) in [5.41, 5.74) is 8.88. The summed E-state index contributed by atoms with van der Waals surface area (Å²) in [5.74, 6) is 0.0400. The zero-order valence-corrected chi connectivity index (χ0v) is 37.9. The van der Waals surface area contributed by atoms with Gasteiger partial charge in [0, 0.05) is 13.1 Å². The number of hydrogen-bond acceptors (Lipinski definition) is 7. The molecule has 1 heterocycles. The highest BCUT2D eigenvalue weighted by molar-refractivity contribution is 5.85. The predicted octanol–water partition coefficient (Wildman–Crippen LogP) is 9.56. The minimum absolute atomic E-state index is 0.0400. The van der Waals surface area contributed by atoms with E-state index >= 15 is 0 Å². The molecule has 1 fully saturated rings. The van der Waals surface area contributed by atoms with E-state index in [1.807, 2.05) is 82.5 Å². The van der Waals surface area contributed by atoms with Gasteiger partial charge in [0.15, 0.2) is 0 Å².